The second kappa shape index (κ2) is 6.27. The van der Waals surface area contributed by atoms with Crippen LogP contribution in [-0.4, -0.2) is 19.7 Å². The first-order chi connectivity index (χ1) is 12.9. The highest BCUT2D eigenvalue weighted by Crippen LogP contribution is 2.35. The van der Waals surface area contributed by atoms with Crippen molar-refractivity contribution in [2.45, 2.75) is 6.18 Å². The molecule has 4 aromatic rings. The minimum absolute atomic E-state index is 0.0197. The summed E-state index contributed by atoms with van der Waals surface area (Å²) in [5, 5.41) is 4.66. The van der Waals surface area contributed by atoms with E-state index in [9.17, 15) is 13.2 Å². The fraction of sp³-hybridized carbons (Fsp3) is 0.0556. The van der Waals surface area contributed by atoms with Crippen molar-refractivity contribution in [3.8, 4) is 17.3 Å². The first-order valence-electron chi connectivity index (χ1n) is 7.83. The standard InChI is InChI=1S/C18H12F3N5O/c19-18(20,21)11-5-4-8-13(9-11)27-17-14-15(22)23-10-24-16(14)26(25-17)12-6-2-1-3-7-12/h1-10H,(H2,22,23,24). The summed E-state index contributed by atoms with van der Waals surface area (Å²) in [7, 11) is 0. The zero-order valence-corrected chi connectivity index (χ0v) is 13.7. The van der Waals surface area contributed by atoms with E-state index >= 15 is 0 Å². The van der Waals surface area contributed by atoms with Gasteiger partial charge >= 0.3 is 6.18 Å². The zero-order valence-electron chi connectivity index (χ0n) is 13.7. The number of halogens is 3. The lowest BCUT2D eigenvalue weighted by Crippen LogP contribution is -2.04. The first kappa shape index (κ1) is 16.8. The van der Waals surface area contributed by atoms with Gasteiger partial charge in [-0.3, -0.25) is 0 Å². The number of para-hydroxylation sites is 1. The Hall–Kier alpha value is -3.62. The van der Waals surface area contributed by atoms with E-state index in [0.717, 1.165) is 12.1 Å². The smallest absolute Gasteiger partial charge is 0.416 e. The number of nitrogen functional groups attached to an aromatic ring is 1. The largest absolute Gasteiger partial charge is 0.437 e. The molecule has 2 aromatic carbocycles. The Morgan fingerprint density at radius 1 is 0.963 bits per heavy atom. The van der Waals surface area contributed by atoms with Crippen LogP contribution >= 0.6 is 0 Å². The molecule has 27 heavy (non-hydrogen) atoms. The van der Waals surface area contributed by atoms with Crippen molar-refractivity contribution in [1.29, 1.82) is 0 Å². The van der Waals surface area contributed by atoms with Gasteiger partial charge in [-0.2, -0.15) is 13.2 Å². The molecule has 0 amide bonds. The molecule has 2 heterocycles. The molecule has 6 nitrogen and oxygen atoms in total. The van der Waals surface area contributed by atoms with Crippen LogP contribution in [0.15, 0.2) is 60.9 Å². The summed E-state index contributed by atoms with van der Waals surface area (Å²) < 4.78 is 45.9. The maximum atomic E-state index is 12.9. The maximum Gasteiger partial charge on any atom is 0.416 e. The van der Waals surface area contributed by atoms with Crippen molar-refractivity contribution in [2.24, 2.45) is 0 Å². The molecule has 4 rings (SSSR count). The SMILES string of the molecule is Nc1ncnc2c1c(Oc1cccc(C(F)(F)F)c1)nn2-c1ccccc1. The van der Waals surface area contributed by atoms with Gasteiger partial charge in [0.1, 0.15) is 23.3 Å². The number of nitrogens with two attached hydrogens (primary N) is 1. The van der Waals surface area contributed by atoms with Gasteiger partial charge in [-0.05, 0) is 30.3 Å². The number of ether oxygens (including phenoxy) is 1. The van der Waals surface area contributed by atoms with Gasteiger partial charge in [0.2, 0.25) is 0 Å². The van der Waals surface area contributed by atoms with Crippen LogP contribution in [0, 0.1) is 0 Å². The van der Waals surface area contributed by atoms with Crippen LogP contribution in [0.4, 0.5) is 19.0 Å². The molecule has 0 saturated heterocycles. The lowest BCUT2D eigenvalue weighted by Gasteiger charge is -2.08. The highest BCUT2D eigenvalue weighted by atomic mass is 19.4. The first-order valence-corrected chi connectivity index (χ1v) is 7.83. The Morgan fingerprint density at radius 2 is 1.74 bits per heavy atom. The Morgan fingerprint density at radius 3 is 2.48 bits per heavy atom. The van der Waals surface area contributed by atoms with Gasteiger partial charge in [0.05, 0.1) is 11.3 Å². The summed E-state index contributed by atoms with van der Waals surface area (Å²) >= 11 is 0. The van der Waals surface area contributed by atoms with Crippen LogP contribution in [-0.2, 0) is 6.18 Å². The van der Waals surface area contributed by atoms with Gasteiger partial charge in [-0.1, -0.05) is 24.3 Å². The van der Waals surface area contributed by atoms with Crippen molar-refractivity contribution in [2.75, 3.05) is 5.73 Å². The minimum atomic E-state index is -4.48. The minimum Gasteiger partial charge on any atom is -0.437 e. The van der Waals surface area contributed by atoms with E-state index in [0.29, 0.717) is 16.7 Å². The summed E-state index contributed by atoms with van der Waals surface area (Å²) in [5.74, 6) is 0.114. The third-order valence-corrected chi connectivity index (χ3v) is 3.84. The molecule has 9 heteroatoms. The number of benzene rings is 2. The Labute approximate surface area is 151 Å². The molecule has 0 aliphatic heterocycles. The van der Waals surface area contributed by atoms with Crippen molar-refractivity contribution in [1.82, 2.24) is 19.7 Å². The monoisotopic (exact) mass is 371 g/mol. The van der Waals surface area contributed by atoms with E-state index in [2.05, 4.69) is 15.1 Å². The Balaban J connectivity index is 1.83. The van der Waals surface area contributed by atoms with E-state index in [1.54, 1.807) is 12.1 Å². The molecule has 2 N–H and O–H groups in total. The van der Waals surface area contributed by atoms with Crippen LogP contribution in [0.5, 0.6) is 11.6 Å². The molecule has 2 aromatic heterocycles. The molecule has 0 fully saturated rings. The van der Waals surface area contributed by atoms with Gasteiger partial charge in [0.15, 0.2) is 5.65 Å². The number of rotatable bonds is 3. The normalized spacial score (nSPS) is 11.7. The summed E-state index contributed by atoms with van der Waals surface area (Å²) in [4.78, 5) is 8.11. The van der Waals surface area contributed by atoms with Crippen molar-refractivity contribution in [3.63, 3.8) is 0 Å². The average molecular weight is 371 g/mol. The molecule has 0 atom stereocenters. The van der Waals surface area contributed by atoms with Gasteiger partial charge in [0, 0.05) is 0 Å². The molecule has 0 saturated carbocycles. The highest BCUT2D eigenvalue weighted by molar-refractivity contribution is 5.91. The van der Waals surface area contributed by atoms with Crippen LogP contribution in [0.25, 0.3) is 16.7 Å². The number of aromatic nitrogens is 4. The third-order valence-electron chi connectivity index (χ3n) is 3.84. The molecule has 0 unspecified atom stereocenters. The molecule has 0 aliphatic rings. The average Bonchev–Trinajstić information content (AvgIpc) is 3.02. The highest BCUT2D eigenvalue weighted by Gasteiger charge is 2.31. The van der Waals surface area contributed by atoms with Gasteiger partial charge in [0.25, 0.3) is 5.88 Å². The van der Waals surface area contributed by atoms with Crippen LogP contribution in [0.3, 0.4) is 0 Å². The number of fused-ring (bicyclic) bond motifs is 1. The van der Waals surface area contributed by atoms with E-state index < -0.39 is 11.7 Å². The summed E-state index contributed by atoms with van der Waals surface area (Å²) in [5.41, 5.74) is 6.19. The van der Waals surface area contributed by atoms with Crippen molar-refractivity contribution >= 4 is 16.9 Å². The van der Waals surface area contributed by atoms with E-state index in [1.165, 1.54) is 23.1 Å². The second-order valence-corrected chi connectivity index (χ2v) is 5.64. The predicted octanol–water partition coefficient (Wildman–Crippen LogP) is 4.21. The lowest BCUT2D eigenvalue weighted by atomic mass is 10.2. The van der Waals surface area contributed by atoms with E-state index in [4.69, 9.17) is 10.5 Å². The topological polar surface area (TPSA) is 78.8 Å². The summed E-state index contributed by atoms with van der Waals surface area (Å²) in [6, 6.07) is 13.6. The van der Waals surface area contributed by atoms with E-state index in [1.807, 2.05) is 18.2 Å². The summed E-state index contributed by atoms with van der Waals surface area (Å²) in [6.07, 6.45) is -3.19. The Bertz CT molecular complexity index is 1110. The number of nitrogens with zero attached hydrogens (tertiary/aromatic N) is 4. The van der Waals surface area contributed by atoms with Crippen LogP contribution in [0.1, 0.15) is 5.56 Å². The number of hydrogen-bond donors (Lipinski definition) is 1. The lowest BCUT2D eigenvalue weighted by molar-refractivity contribution is -0.137. The molecule has 0 aliphatic carbocycles. The molecule has 0 radical (unpaired) electrons. The fourth-order valence-corrected chi connectivity index (χ4v) is 2.61. The van der Waals surface area contributed by atoms with Crippen LogP contribution in [0.2, 0.25) is 0 Å². The molecule has 136 valence electrons. The number of hydrogen-bond acceptors (Lipinski definition) is 5. The summed E-state index contributed by atoms with van der Waals surface area (Å²) in [6.45, 7) is 0. The number of anilines is 1. The fourth-order valence-electron chi connectivity index (χ4n) is 2.61. The molecular formula is C18H12F3N5O. The van der Waals surface area contributed by atoms with E-state index in [-0.39, 0.29) is 17.4 Å². The van der Waals surface area contributed by atoms with Crippen LogP contribution < -0.4 is 10.5 Å². The van der Waals surface area contributed by atoms with Gasteiger partial charge < -0.3 is 10.5 Å². The Kier molecular flexibility index (Phi) is 3.91. The van der Waals surface area contributed by atoms with Crippen molar-refractivity contribution in [3.05, 3.63) is 66.5 Å². The molecular weight excluding hydrogens is 359 g/mol. The number of alkyl halides is 3. The predicted molar refractivity (Wildman–Crippen MR) is 92.6 cm³/mol. The second-order valence-electron chi connectivity index (χ2n) is 5.64. The third kappa shape index (κ3) is 3.14. The maximum absolute atomic E-state index is 12.9. The molecule has 0 spiro atoms. The quantitative estimate of drug-likeness (QED) is 0.584. The van der Waals surface area contributed by atoms with Gasteiger partial charge in [-0.25, -0.2) is 14.6 Å². The van der Waals surface area contributed by atoms with Gasteiger partial charge in [-0.15, -0.1) is 5.10 Å². The van der Waals surface area contributed by atoms with Crippen molar-refractivity contribution < 1.29 is 17.9 Å². The zero-order chi connectivity index (χ0) is 19.0. The molecule has 0 bridgehead atoms.